The zero-order valence-electron chi connectivity index (χ0n) is 13.1. The molecule has 2 nitrogen and oxygen atoms in total. The van der Waals surface area contributed by atoms with Crippen LogP contribution < -0.4 is 5.32 Å². The molecule has 1 atom stereocenters. The molecule has 1 unspecified atom stereocenters. The lowest BCUT2D eigenvalue weighted by atomic mass is 10.1. The predicted octanol–water partition coefficient (Wildman–Crippen LogP) is 5.18. The second-order valence-electron chi connectivity index (χ2n) is 5.49. The molecule has 0 aliphatic rings. The van der Waals surface area contributed by atoms with E-state index in [2.05, 4.69) is 65.1 Å². The van der Waals surface area contributed by atoms with Crippen LogP contribution in [0.25, 0.3) is 6.08 Å². The largest absolute Gasteiger partial charge is 0.304 e. The van der Waals surface area contributed by atoms with E-state index in [0.717, 1.165) is 18.0 Å². The van der Waals surface area contributed by atoms with Crippen molar-refractivity contribution >= 4 is 28.7 Å². The third-order valence-electron chi connectivity index (χ3n) is 3.57. The minimum absolute atomic E-state index is 0.271. The number of benzene rings is 1. The van der Waals surface area contributed by atoms with Gasteiger partial charge in [0.25, 0.3) is 0 Å². The van der Waals surface area contributed by atoms with Gasteiger partial charge in [-0.3, -0.25) is 0 Å². The molecule has 4 heteroatoms. The van der Waals surface area contributed by atoms with E-state index in [4.69, 9.17) is 0 Å². The highest BCUT2D eigenvalue weighted by Crippen LogP contribution is 2.23. The number of thiazole rings is 1. The maximum absolute atomic E-state index is 4.50. The van der Waals surface area contributed by atoms with E-state index in [0.29, 0.717) is 0 Å². The van der Waals surface area contributed by atoms with Crippen LogP contribution in [0, 0.1) is 0 Å². The maximum Gasteiger partial charge on any atom is 0.110 e. The van der Waals surface area contributed by atoms with Gasteiger partial charge in [0, 0.05) is 29.4 Å². The maximum atomic E-state index is 4.50. The Labute approximate surface area is 145 Å². The predicted molar refractivity (Wildman–Crippen MR) is 101 cm³/mol. The summed E-state index contributed by atoms with van der Waals surface area (Å²) in [5, 5.41) is 9.01. The molecule has 0 aliphatic heterocycles. The lowest BCUT2D eigenvalue weighted by Crippen LogP contribution is -2.24. The first-order valence-corrected chi connectivity index (χ1v) is 9.44. The molecule has 0 fully saturated rings. The number of hydrogen-bond acceptors (Lipinski definition) is 4. The average molecular weight is 341 g/mol. The van der Waals surface area contributed by atoms with E-state index in [9.17, 15) is 0 Å². The highest BCUT2D eigenvalue weighted by atomic mass is 32.1. The zero-order valence-corrected chi connectivity index (χ0v) is 14.7. The number of hydrogen-bond donors (Lipinski definition) is 1. The van der Waals surface area contributed by atoms with Gasteiger partial charge in [0.05, 0.1) is 6.04 Å². The minimum Gasteiger partial charge on any atom is -0.304 e. The Hall–Kier alpha value is -1.75. The molecule has 3 rings (SSSR count). The molecule has 0 spiro atoms. The van der Waals surface area contributed by atoms with Crippen LogP contribution in [-0.2, 0) is 6.42 Å². The van der Waals surface area contributed by atoms with Gasteiger partial charge >= 0.3 is 0 Å². The third kappa shape index (κ3) is 4.86. The van der Waals surface area contributed by atoms with Crippen molar-refractivity contribution in [2.45, 2.75) is 19.4 Å². The topological polar surface area (TPSA) is 24.9 Å². The summed E-state index contributed by atoms with van der Waals surface area (Å²) in [6, 6.07) is 15.0. The molecule has 3 aromatic rings. The fraction of sp³-hybridized carbons (Fsp3) is 0.211. The summed E-state index contributed by atoms with van der Waals surface area (Å²) in [5.41, 5.74) is 2.57. The molecular formula is C19H20N2S2. The molecule has 2 heterocycles. The van der Waals surface area contributed by atoms with Crippen molar-refractivity contribution < 1.29 is 0 Å². The van der Waals surface area contributed by atoms with E-state index < -0.39 is 0 Å². The monoisotopic (exact) mass is 340 g/mol. The van der Waals surface area contributed by atoms with Crippen LogP contribution in [0.15, 0.2) is 65.0 Å². The smallest absolute Gasteiger partial charge is 0.110 e. The molecule has 1 aromatic carbocycles. The van der Waals surface area contributed by atoms with Gasteiger partial charge in [-0.1, -0.05) is 48.0 Å². The van der Waals surface area contributed by atoms with E-state index in [-0.39, 0.29) is 6.04 Å². The van der Waals surface area contributed by atoms with Crippen molar-refractivity contribution in [2.75, 3.05) is 6.54 Å². The van der Waals surface area contributed by atoms with Gasteiger partial charge in [0.1, 0.15) is 5.01 Å². The summed E-state index contributed by atoms with van der Waals surface area (Å²) in [4.78, 5) is 5.89. The van der Waals surface area contributed by atoms with Crippen LogP contribution >= 0.6 is 22.7 Å². The molecule has 1 N–H and O–H groups in total. The molecule has 0 aliphatic carbocycles. The second-order valence-corrected chi connectivity index (χ2v) is 7.45. The van der Waals surface area contributed by atoms with Crippen LogP contribution in [0.4, 0.5) is 0 Å². The first-order valence-electron chi connectivity index (χ1n) is 7.68. The second kappa shape index (κ2) is 8.20. The standard InChI is InChI=1S/C19H20N2S2/c1-15(12-16-6-3-2-4-7-16)14-21-18(19-20-9-11-23-19)13-17-8-5-10-22-17/h2-12,18,21H,13-14H2,1H3/b15-12+. The highest BCUT2D eigenvalue weighted by Gasteiger charge is 2.15. The SMILES string of the molecule is C/C(=C\c1ccccc1)CNC(Cc1cccs1)c1nccs1. The number of thiophene rings is 1. The number of nitrogens with zero attached hydrogens (tertiary/aromatic N) is 1. The van der Waals surface area contributed by atoms with Gasteiger partial charge < -0.3 is 5.32 Å². The van der Waals surface area contributed by atoms with Crippen molar-refractivity contribution in [3.63, 3.8) is 0 Å². The Bertz CT molecular complexity index is 716. The third-order valence-corrected chi connectivity index (χ3v) is 5.36. The molecule has 0 saturated carbocycles. The summed E-state index contributed by atoms with van der Waals surface area (Å²) in [5.74, 6) is 0. The fourth-order valence-corrected chi connectivity index (χ4v) is 3.92. The van der Waals surface area contributed by atoms with Gasteiger partial charge in [-0.2, -0.15) is 0 Å². The first kappa shape index (κ1) is 16.1. The van der Waals surface area contributed by atoms with Gasteiger partial charge in [-0.25, -0.2) is 4.98 Å². The summed E-state index contributed by atoms with van der Waals surface area (Å²) < 4.78 is 0. The highest BCUT2D eigenvalue weighted by molar-refractivity contribution is 7.10. The number of rotatable bonds is 7. The summed E-state index contributed by atoms with van der Waals surface area (Å²) >= 11 is 3.53. The molecule has 2 aromatic heterocycles. The molecule has 0 bridgehead atoms. The van der Waals surface area contributed by atoms with Crippen molar-refractivity contribution in [3.05, 3.63) is 80.4 Å². The van der Waals surface area contributed by atoms with E-state index in [1.807, 2.05) is 29.0 Å². The van der Waals surface area contributed by atoms with Crippen LogP contribution in [0.2, 0.25) is 0 Å². The average Bonchev–Trinajstić information content (AvgIpc) is 3.26. The van der Waals surface area contributed by atoms with Crippen molar-refractivity contribution in [1.82, 2.24) is 10.3 Å². The van der Waals surface area contributed by atoms with E-state index >= 15 is 0 Å². The normalized spacial score (nSPS) is 13.2. The molecule has 118 valence electrons. The van der Waals surface area contributed by atoms with Crippen molar-refractivity contribution in [2.24, 2.45) is 0 Å². The Kier molecular flexibility index (Phi) is 5.75. The number of nitrogens with one attached hydrogen (secondary N) is 1. The van der Waals surface area contributed by atoms with Gasteiger partial charge in [0.15, 0.2) is 0 Å². The Morgan fingerprint density at radius 3 is 2.70 bits per heavy atom. The van der Waals surface area contributed by atoms with Crippen molar-refractivity contribution in [1.29, 1.82) is 0 Å². The van der Waals surface area contributed by atoms with Crippen LogP contribution in [-0.4, -0.2) is 11.5 Å². The van der Waals surface area contributed by atoms with Gasteiger partial charge in [0.2, 0.25) is 0 Å². The quantitative estimate of drug-likeness (QED) is 0.641. The molecular weight excluding hydrogens is 320 g/mol. The minimum atomic E-state index is 0.271. The Morgan fingerprint density at radius 2 is 2.00 bits per heavy atom. The first-order chi connectivity index (χ1) is 11.3. The Balaban J connectivity index is 1.65. The van der Waals surface area contributed by atoms with E-state index in [1.165, 1.54) is 16.0 Å². The summed E-state index contributed by atoms with van der Waals surface area (Å²) in [6.45, 7) is 3.04. The van der Waals surface area contributed by atoms with Crippen LogP contribution in [0.3, 0.4) is 0 Å². The molecule has 0 amide bonds. The van der Waals surface area contributed by atoms with Gasteiger partial charge in [-0.05, 0) is 23.9 Å². The lowest BCUT2D eigenvalue weighted by molar-refractivity contribution is 0.558. The van der Waals surface area contributed by atoms with Crippen LogP contribution in [0.1, 0.15) is 28.4 Å². The Morgan fingerprint density at radius 1 is 1.13 bits per heavy atom. The molecule has 23 heavy (non-hydrogen) atoms. The summed E-state index contributed by atoms with van der Waals surface area (Å²) in [6.07, 6.45) is 5.11. The van der Waals surface area contributed by atoms with E-state index in [1.54, 1.807) is 11.3 Å². The summed E-state index contributed by atoms with van der Waals surface area (Å²) in [7, 11) is 0. The molecule has 0 radical (unpaired) electrons. The zero-order chi connectivity index (χ0) is 15.9. The van der Waals surface area contributed by atoms with Crippen LogP contribution in [0.5, 0.6) is 0 Å². The number of aromatic nitrogens is 1. The van der Waals surface area contributed by atoms with Crippen molar-refractivity contribution in [3.8, 4) is 0 Å². The van der Waals surface area contributed by atoms with Gasteiger partial charge in [-0.15, -0.1) is 22.7 Å². The fourth-order valence-electron chi connectivity index (χ4n) is 2.45. The lowest BCUT2D eigenvalue weighted by Gasteiger charge is -2.16. The molecule has 0 saturated heterocycles.